The molecule has 3 aliphatic heterocycles. The van der Waals surface area contributed by atoms with Crippen molar-refractivity contribution in [3.63, 3.8) is 0 Å². The Hall–Kier alpha value is -2.25. The van der Waals surface area contributed by atoms with Crippen LogP contribution in [0.2, 0.25) is 0 Å². The van der Waals surface area contributed by atoms with Gasteiger partial charge in [0.15, 0.2) is 6.17 Å². The van der Waals surface area contributed by atoms with Crippen LogP contribution in [0.5, 0.6) is 0 Å². The number of ether oxygens (including phenoxy) is 1. The number of hydrogen-bond donors (Lipinski definition) is 0. The predicted octanol–water partition coefficient (Wildman–Crippen LogP) is -0.477. The molecular formula is C11H14N4O4. The summed E-state index contributed by atoms with van der Waals surface area (Å²) >= 11 is 0. The van der Waals surface area contributed by atoms with Crippen molar-refractivity contribution < 1.29 is 9.53 Å². The number of fused-ring (bicyclic) bond motifs is 1. The molecule has 0 radical (unpaired) electrons. The van der Waals surface area contributed by atoms with Crippen molar-refractivity contribution >= 4 is 6.09 Å². The van der Waals surface area contributed by atoms with E-state index >= 15 is 0 Å². The number of methoxy groups -OCH3 is 1. The number of nitrogens with zero attached hydrogens (tertiary/aromatic N) is 4. The molecule has 8 nitrogen and oxygen atoms in total. The lowest BCUT2D eigenvalue weighted by Gasteiger charge is -2.41. The first-order valence-corrected chi connectivity index (χ1v) is 6.07. The summed E-state index contributed by atoms with van der Waals surface area (Å²) in [5.41, 5.74) is -0.739. The molecule has 0 unspecified atom stereocenters. The van der Waals surface area contributed by atoms with Crippen molar-refractivity contribution in [3.05, 3.63) is 33.1 Å². The monoisotopic (exact) mass is 266 g/mol. The van der Waals surface area contributed by atoms with E-state index in [1.807, 2.05) is 6.08 Å². The third-order valence-corrected chi connectivity index (χ3v) is 3.58. The van der Waals surface area contributed by atoms with Crippen LogP contribution in [0.1, 0.15) is 19.1 Å². The lowest BCUT2D eigenvalue weighted by Crippen LogP contribution is -2.53. The van der Waals surface area contributed by atoms with Gasteiger partial charge >= 0.3 is 17.5 Å². The van der Waals surface area contributed by atoms with Gasteiger partial charge in [-0.3, -0.25) is 4.90 Å². The fourth-order valence-corrected chi connectivity index (χ4v) is 2.70. The molecule has 0 N–H and O–H groups in total. The summed E-state index contributed by atoms with van der Waals surface area (Å²) in [6, 6.07) is -0.322. The number of carbonyl (C=O) groups excluding carboxylic acids is 1. The quantitative estimate of drug-likeness (QED) is 0.643. The van der Waals surface area contributed by atoms with Crippen LogP contribution in [0, 0.1) is 0 Å². The van der Waals surface area contributed by atoms with E-state index in [0.717, 1.165) is 4.57 Å². The Morgan fingerprint density at radius 1 is 1.32 bits per heavy atom. The molecule has 0 saturated carbocycles. The van der Waals surface area contributed by atoms with Crippen molar-refractivity contribution in [2.75, 3.05) is 13.7 Å². The molecule has 0 saturated heterocycles. The Kier molecular flexibility index (Phi) is 2.41. The van der Waals surface area contributed by atoms with Gasteiger partial charge in [-0.05, 0) is 13.0 Å². The molecule has 0 aliphatic carbocycles. The van der Waals surface area contributed by atoms with Crippen LogP contribution in [0.4, 0.5) is 4.79 Å². The molecule has 4 rings (SSSR count). The zero-order chi connectivity index (χ0) is 13.7. The van der Waals surface area contributed by atoms with Gasteiger partial charge < -0.3 is 4.74 Å². The Balaban J connectivity index is 2.20. The van der Waals surface area contributed by atoms with Gasteiger partial charge in [0.2, 0.25) is 0 Å². The second kappa shape index (κ2) is 3.87. The van der Waals surface area contributed by atoms with E-state index in [2.05, 4.69) is 0 Å². The zero-order valence-corrected chi connectivity index (χ0v) is 10.6. The lowest BCUT2D eigenvalue weighted by molar-refractivity contribution is 0.0512. The molecule has 19 heavy (non-hydrogen) atoms. The van der Waals surface area contributed by atoms with E-state index in [1.54, 1.807) is 13.0 Å². The number of hydrogen-bond acceptors (Lipinski definition) is 4. The second-order valence-electron chi connectivity index (χ2n) is 4.49. The predicted molar refractivity (Wildman–Crippen MR) is 65.0 cm³/mol. The van der Waals surface area contributed by atoms with Crippen molar-refractivity contribution in [2.24, 2.45) is 0 Å². The first-order chi connectivity index (χ1) is 9.10. The van der Waals surface area contributed by atoms with Crippen molar-refractivity contribution in [1.29, 1.82) is 0 Å². The first kappa shape index (κ1) is 11.8. The van der Waals surface area contributed by atoms with E-state index in [4.69, 9.17) is 4.74 Å². The minimum atomic E-state index is -0.592. The molecule has 8 heteroatoms. The van der Waals surface area contributed by atoms with E-state index in [-0.39, 0.29) is 11.7 Å². The molecule has 0 fully saturated rings. The number of carbonyl (C=O) groups is 1. The van der Waals surface area contributed by atoms with Crippen LogP contribution < -0.4 is 11.4 Å². The molecule has 102 valence electrons. The summed E-state index contributed by atoms with van der Waals surface area (Å²) in [6.45, 7) is 2.38. The van der Waals surface area contributed by atoms with Gasteiger partial charge in [-0.2, -0.15) is 0 Å². The largest absolute Gasteiger partial charge is 0.453 e. The van der Waals surface area contributed by atoms with Gasteiger partial charge in [0, 0.05) is 6.54 Å². The Bertz CT molecular complexity index is 680. The standard InChI is InChI=1S/C11H14N4O4/c1-3-12-9(16)14-7-4-5-8(15(14)10(12)17)13(6-7)11(18)19-2/h4-5,7-8H,3,6H2,1-2H3/t7-,8-/m1/s1. The fraction of sp³-hybridized carbons (Fsp3) is 0.545. The van der Waals surface area contributed by atoms with Gasteiger partial charge in [-0.15, -0.1) is 0 Å². The van der Waals surface area contributed by atoms with Gasteiger partial charge in [0.05, 0.1) is 19.7 Å². The van der Waals surface area contributed by atoms with E-state index in [1.165, 1.54) is 21.4 Å². The Labute approximate surface area is 108 Å². The molecule has 0 aromatic carbocycles. The third-order valence-electron chi connectivity index (χ3n) is 3.58. The van der Waals surface area contributed by atoms with Gasteiger partial charge in [0.25, 0.3) is 0 Å². The molecule has 3 aliphatic rings. The van der Waals surface area contributed by atoms with E-state index in [0.29, 0.717) is 13.1 Å². The third kappa shape index (κ3) is 1.36. The van der Waals surface area contributed by atoms with E-state index < -0.39 is 17.9 Å². The maximum Gasteiger partial charge on any atom is 0.411 e. The first-order valence-electron chi connectivity index (χ1n) is 6.07. The topological polar surface area (TPSA) is 78.5 Å². The van der Waals surface area contributed by atoms with Crippen LogP contribution in [0.3, 0.4) is 0 Å². The maximum absolute atomic E-state index is 12.2. The minimum Gasteiger partial charge on any atom is -0.453 e. The van der Waals surface area contributed by atoms with Crippen LogP contribution in [0.25, 0.3) is 0 Å². The average Bonchev–Trinajstić information content (AvgIpc) is 2.72. The highest BCUT2D eigenvalue weighted by molar-refractivity contribution is 5.68. The molecule has 1 amide bonds. The average molecular weight is 266 g/mol. The number of aromatic nitrogens is 3. The van der Waals surface area contributed by atoms with Crippen LogP contribution in [0.15, 0.2) is 21.7 Å². The molecule has 4 heterocycles. The minimum absolute atomic E-state index is 0.308. The zero-order valence-electron chi connectivity index (χ0n) is 10.6. The second-order valence-corrected chi connectivity index (χ2v) is 4.49. The molecule has 0 spiro atoms. The van der Waals surface area contributed by atoms with Gasteiger partial charge in [0.1, 0.15) is 0 Å². The molecular weight excluding hydrogens is 252 g/mol. The van der Waals surface area contributed by atoms with Gasteiger partial charge in [-0.1, -0.05) is 6.08 Å². The van der Waals surface area contributed by atoms with Crippen LogP contribution >= 0.6 is 0 Å². The summed E-state index contributed by atoms with van der Waals surface area (Å²) in [7, 11) is 1.29. The summed E-state index contributed by atoms with van der Waals surface area (Å²) in [4.78, 5) is 37.5. The maximum atomic E-state index is 12.2. The van der Waals surface area contributed by atoms with Crippen LogP contribution in [-0.4, -0.2) is 38.6 Å². The normalized spacial score (nSPS) is 23.6. The fourth-order valence-electron chi connectivity index (χ4n) is 2.70. The summed E-state index contributed by atoms with van der Waals surface area (Å²) < 4.78 is 8.59. The highest BCUT2D eigenvalue weighted by Crippen LogP contribution is 2.30. The highest BCUT2D eigenvalue weighted by Gasteiger charge is 2.40. The Morgan fingerprint density at radius 3 is 2.63 bits per heavy atom. The van der Waals surface area contributed by atoms with Crippen LogP contribution in [-0.2, 0) is 11.3 Å². The lowest BCUT2D eigenvalue weighted by atomic mass is 10.1. The van der Waals surface area contributed by atoms with E-state index in [9.17, 15) is 14.4 Å². The Morgan fingerprint density at radius 2 is 2.00 bits per heavy atom. The van der Waals surface area contributed by atoms with Crippen molar-refractivity contribution in [2.45, 2.75) is 25.7 Å². The van der Waals surface area contributed by atoms with Crippen molar-refractivity contribution in [3.8, 4) is 0 Å². The molecule has 2 bridgehead atoms. The summed E-state index contributed by atoms with van der Waals surface area (Å²) in [6.07, 6.45) is 2.48. The summed E-state index contributed by atoms with van der Waals surface area (Å²) in [5.74, 6) is 0. The van der Waals surface area contributed by atoms with Crippen molar-refractivity contribution in [1.82, 2.24) is 18.8 Å². The molecule has 1 aromatic rings. The number of amides is 1. The number of rotatable bonds is 1. The van der Waals surface area contributed by atoms with Gasteiger partial charge in [-0.25, -0.2) is 28.3 Å². The summed E-state index contributed by atoms with van der Waals surface area (Å²) in [5, 5.41) is 0. The smallest absolute Gasteiger partial charge is 0.411 e. The molecule has 1 aromatic heterocycles. The molecule has 2 atom stereocenters. The SMILES string of the molecule is CCn1c(=O)n2n(c1=O)[C@@H]1C=C[C@@H]2CN1C(=O)OC. The highest BCUT2D eigenvalue weighted by atomic mass is 16.5.